The zero-order valence-corrected chi connectivity index (χ0v) is 15.2. The topological polar surface area (TPSA) is 25.6 Å². The predicted molar refractivity (Wildman–Crippen MR) is 101 cm³/mol. The number of fused-ring (bicyclic) bond motifs is 3. The highest BCUT2D eigenvalue weighted by Gasteiger charge is 2.31. The summed E-state index contributed by atoms with van der Waals surface area (Å²) in [6.07, 6.45) is 2.14. The molecule has 0 N–H and O–H groups in total. The molecule has 0 radical (unpaired) electrons. The lowest BCUT2D eigenvalue weighted by molar-refractivity contribution is 0.289. The Hall–Kier alpha value is -2.33. The molecule has 2 aromatic carbocycles. The third-order valence-corrected chi connectivity index (χ3v) is 5.79. The van der Waals surface area contributed by atoms with Crippen LogP contribution in [0.15, 0.2) is 56.7 Å². The van der Waals surface area contributed by atoms with Crippen molar-refractivity contribution in [2.45, 2.75) is 36.5 Å². The molecule has 126 valence electrons. The van der Waals surface area contributed by atoms with Gasteiger partial charge in [0.25, 0.3) is 0 Å². The van der Waals surface area contributed by atoms with Gasteiger partial charge in [-0.05, 0) is 62.1 Å². The second kappa shape index (κ2) is 5.60. The molecule has 3 heterocycles. The second-order valence-electron chi connectivity index (χ2n) is 6.65. The van der Waals surface area contributed by atoms with Crippen molar-refractivity contribution in [3.63, 3.8) is 0 Å². The van der Waals surface area contributed by atoms with Crippen LogP contribution < -0.4 is 9.64 Å². The van der Waals surface area contributed by atoms with Gasteiger partial charge in [0.05, 0.1) is 22.9 Å². The molecule has 0 saturated heterocycles. The van der Waals surface area contributed by atoms with E-state index in [4.69, 9.17) is 9.15 Å². The average Bonchev–Trinajstić information content (AvgIpc) is 2.98. The van der Waals surface area contributed by atoms with E-state index in [1.54, 1.807) is 11.8 Å². The number of hydrogen-bond acceptors (Lipinski definition) is 4. The maximum atomic E-state index is 6.10. The maximum absolute atomic E-state index is 6.10. The summed E-state index contributed by atoms with van der Waals surface area (Å²) in [7, 11) is 0. The fourth-order valence-electron chi connectivity index (χ4n) is 3.61. The Balaban J connectivity index is 1.76. The molecule has 0 amide bonds. The molecule has 0 saturated carbocycles. The van der Waals surface area contributed by atoms with Gasteiger partial charge in [0.2, 0.25) is 5.88 Å². The van der Waals surface area contributed by atoms with Gasteiger partial charge in [-0.2, -0.15) is 0 Å². The van der Waals surface area contributed by atoms with Crippen LogP contribution in [0.4, 0.5) is 17.3 Å². The van der Waals surface area contributed by atoms with Gasteiger partial charge in [-0.15, -0.1) is 0 Å². The van der Waals surface area contributed by atoms with E-state index in [2.05, 4.69) is 54.3 Å². The average molecular weight is 349 g/mol. The minimum atomic E-state index is 0.775. The first-order valence-corrected chi connectivity index (χ1v) is 9.46. The standard InChI is InChI=1S/C21H19NO2S/c1-13-8-9-16-18(11-13)25-19-12-14(2)24-21(19)22(16)17-7-3-5-15-6-4-10-23-20(15)17/h3,5,7-9,11-12H,4,6,10H2,1-2H3. The number of para-hydroxylation sites is 1. The number of furan rings is 1. The summed E-state index contributed by atoms with van der Waals surface area (Å²) in [5, 5.41) is 0. The van der Waals surface area contributed by atoms with Crippen molar-refractivity contribution in [2.24, 2.45) is 0 Å². The summed E-state index contributed by atoms with van der Waals surface area (Å²) >= 11 is 1.78. The number of nitrogens with zero attached hydrogens (tertiary/aromatic N) is 1. The molecule has 0 fully saturated rings. The van der Waals surface area contributed by atoms with Crippen LogP contribution in [-0.4, -0.2) is 6.61 Å². The summed E-state index contributed by atoms with van der Waals surface area (Å²) in [4.78, 5) is 4.63. The molecule has 1 aromatic heterocycles. The Labute approximate surface area is 151 Å². The molecule has 0 bridgehead atoms. The first-order chi connectivity index (χ1) is 12.2. The molecule has 5 rings (SSSR count). The van der Waals surface area contributed by atoms with Crippen LogP contribution in [0.5, 0.6) is 5.75 Å². The zero-order chi connectivity index (χ0) is 17.0. The Morgan fingerprint density at radius 2 is 1.92 bits per heavy atom. The number of anilines is 3. The SMILES string of the molecule is Cc1ccc2c(c1)Sc1cc(C)oc1N2c1cccc2c1OCCC2. The molecular formula is C21H19NO2S. The van der Waals surface area contributed by atoms with Gasteiger partial charge in [0.1, 0.15) is 11.5 Å². The summed E-state index contributed by atoms with van der Waals surface area (Å²) < 4.78 is 12.2. The maximum Gasteiger partial charge on any atom is 0.218 e. The van der Waals surface area contributed by atoms with Gasteiger partial charge < -0.3 is 9.15 Å². The molecule has 25 heavy (non-hydrogen) atoms. The summed E-state index contributed by atoms with van der Waals surface area (Å²) in [5.41, 5.74) is 4.76. The van der Waals surface area contributed by atoms with E-state index in [-0.39, 0.29) is 0 Å². The largest absolute Gasteiger partial charge is 0.491 e. The normalized spacial score (nSPS) is 15.2. The van der Waals surface area contributed by atoms with Crippen LogP contribution in [0.25, 0.3) is 0 Å². The quantitative estimate of drug-likeness (QED) is 0.411. The highest BCUT2D eigenvalue weighted by atomic mass is 32.2. The lowest BCUT2D eigenvalue weighted by Gasteiger charge is -2.32. The Morgan fingerprint density at radius 3 is 2.84 bits per heavy atom. The van der Waals surface area contributed by atoms with Crippen molar-refractivity contribution >= 4 is 29.0 Å². The molecule has 0 unspecified atom stereocenters. The van der Waals surface area contributed by atoms with Gasteiger partial charge in [-0.3, -0.25) is 4.90 Å². The molecular weight excluding hydrogens is 330 g/mol. The van der Waals surface area contributed by atoms with Crippen molar-refractivity contribution in [3.8, 4) is 5.75 Å². The van der Waals surface area contributed by atoms with E-state index >= 15 is 0 Å². The molecule has 2 aliphatic rings. The van der Waals surface area contributed by atoms with E-state index in [1.807, 2.05) is 6.92 Å². The van der Waals surface area contributed by atoms with Gasteiger partial charge in [0.15, 0.2) is 0 Å². The molecule has 0 spiro atoms. The fraction of sp³-hybridized carbons (Fsp3) is 0.238. The minimum Gasteiger partial charge on any atom is -0.491 e. The van der Waals surface area contributed by atoms with Gasteiger partial charge in [-0.1, -0.05) is 30.0 Å². The van der Waals surface area contributed by atoms with Crippen molar-refractivity contribution in [1.82, 2.24) is 0 Å². The highest BCUT2D eigenvalue weighted by Crippen LogP contribution is 2.54. The minimum absolute atomic E-state index is 0.775. The number of hydrogen-bond donors (Lipinski definition) is 0. The van der Waals surface area contributed by atoms with E-state index < -0.39 is 0 Å². The van der Waals surface area contributed by atoms with Crippen molar-refractivity contribution in [3.05, 3.63) is 59.4 Å². The smallest absolute Gasteiger partial charge is 0.218 e. The lowest BCUT2D eigenvalue weighted by Crippen LogP contribution is -2.17. The Bertz CT molecular complexity index is 976. The summed E-state index contributed by atoms with van der Waals surface area (Å²) in [6.45, 7) is 4.91. The van der Waals surface area contributed by atoms with Crippen LogP contribution in [0.2, 0.25) is 0 Å². The van der Waals surface area contributed by atoms with Gasteiger partial charge >= 0.3 is 0 Å². The van der Waals surface area contributed by atoms with Crippen LogP contribution in [0.1, 0.15) is 23.3 Å². The summed E-state index contributed by atoms with van der Waals surface area (Å²) in [6, 6.07) is 15.1. The van der Waals surface area contributed by atoms with Crippen LogP contribution >= 0.6 is 11.8 Å². The van der Waals surface area contributed by atoms with Crippen molar-refractivity contribution in [2.75, 3.05) is 11.5 Å². The third kappa shape index (κ3) is 2.35. The number of ether oxygens (including phenoxy) is 1. The van der Waals surface area contributed by atoms with Crippen LogP contribution in [0, 0.1) is 13.8 Å². The third-order valence-electron chi connectivity index (χ3n) is 4.74. The Kier molecular flexibility index (Phi) is 3.35. The molecule has 0 aliphatic carbocycles. The second-order valence-corrected chi connectivity index (χ2v) is 7.74. The number of aryl methyl sites for hydroxylation is 3. The number of rotatable bonds is 1. The molecule has 3 aromatic rings. The summed E-state index contributed by atoms with van der Waals surface area (Å²) in [5.74, 6) is 2.81. The first kappa shape index (κ1) is 15.0. The van der Waals surface area contributed by atoms with Gasteiger partial charge in [0, 0.05) is 4.90 Å². The van der Waals surface area contributed by atoms with E-state index in [0.717, 1.165) is 53.1 Å². The van der Waals surface area contributed by atoms with E-state index in [0.29, 0.717) is 0 Å². The fourth-order valence-corrected chi connectivity index (χ4v) is 4.80. The van der Waals surface area contributed by atoms with E-state index in [1.165, 1.54) is 16.0 Å². The van der Waals surface area contributed by atoms with Gasteiger partial charge in [-0.25, -0.2) is 0 Å². The monoisotopic (exact) mass is 349 g/mol. The molecule has 3 nitrogen and oxygen atoms in total. The van der Waals surface area contributed by atoms with E-state index in [9.17, 15) is 0 Å². The van der Waals surface area contributed by atoms with Crippen molar-refractivity contribution < 1.29 is 9.15 Å². The zero-order valence-electron chi connectivity index (χ0n) is 14.3. The highest BCUT2D eigenvalue weighted by molar-refractivity contribution is 7.99. The molecule has 4 heteroatoms. The number of benzene rings is 2. The van der Waals surface area contributed by atoms with Crippen LogP contribution in [-0.2, 0) is 6.42 Å². The Morgan fingerprint density at radius 1 is 1.00 bits per heavy atom. The van der Waals surface area contributed by atoms with Crippen molar-refractivity contribution in [1.29, 1.82) is 0 Å². The first-order valence-electron chi connectivity index (χ1n) is 8.64. The lowest BCUT2D eigenvalue weighted by atomic mass is 10.0. The molecule has 2 aliphatic heterocycles. The van der Waals surface area contributed by atoms with Crippen LogP contribution in [0.3, 0.4) is 0 Å². The molecule has 0 atom stereocenters. The predicted octanol–water partition coefficient (Wildman–Crippen LogP) is 6.16.